The number of anilines is 1. The summed E-state index contributed by atoms with van der Waals surface area (Å²) in [5, 5.41) is 11.5. The van der Waals surface area contributed by atoms with E-state index in [0.29, 0.717) is 5.69 Å². The minimum Gasteiger partial charge on any atom is -0.508 e. The van der Waals surface area contributed by atoms with Crippen LogP contribution in [0.5, 0.6) is 5.75 Å². The number of likely N-dealkylation sites (N-methyl/N-ethyl adjacent to an activating group) is 1. The van der Waals surface area contributed by atoms with Gasteiger partial charge in [-0.15, -0.1) is 6.58 Å². The van der Waals surface area contributed by atoms with Gasteiger partial charge in [-0.2, -0.15) is 0 Å². The van der Waals surface area contributed by atoms with Gasteiger partial charge in [0.15, 0.2) is 0 Å². The van der Waals surface area contributed by atoms with Crippen molar-refractivity contribution in [3.05, 3.63) is 36.9 Å². The van der Waals surface area contributed by atoms with E-state index in [1.807, 2.05) is 0 Å². The number of hydrogen-bond acceptors (Lipinski definition) is 3. The molecule has 0 atom stereocenters. The second kappa shape index (κ2) is 5.69. The van der Waals surface area contributed by atoms with Gasteiger partial charge in [-0.25, -0.2) is 0 Å². The minimum absolute atomic E-state index is 0.103. The van der Waals surface area contributed by atoms with E-state index < -0.39 is 11.8 Å². The van der Waals surface area contributed by atoms with E-state index in [0.717, 1.165) is 0 Å². The number of hydrogen-bond donors (Lipinski definition) is 2. The minimum atomic E-state index is -0.694. The highest BCUT2D eigenvalue weighted by molar-refractivity contribution is 6.40. The molecule has 0 aliphatic rings. The van der Waals surface area contributed by atoms with Crippen molar-refractivity contribution in [3.63, 3.8) is 0 Å². The summed E-state index contributed by atoms with van der Waals surface area (Å²) in [6.07, 6.45) is 1.49. The van der Waals surface area contributed by atoms with Crippen LogP contribution in [-0.2, 0) is 9.59 Å². The first kappa shape index (κ1) is 12.8. The predicted molar refractivity (Wildman–Crippen MR) is 64.7 cm³/mol. The van der Waals surface area contributed by atoms with Gasteiger partial charge in [0.2, 0.25) is 0 Å². The van der Waals surface area contributed by atoms with Gasteiger partial charge in [-0.3, -0.25) is 9.59 Å². The Balaban J connectivity index is 2.72. The highest BCUT2D eigenvalue weighted by Gasteiger charge is 2.18. The van der Waals surface area contributed by atoms with Crippen LogP contribution < -0.4 is 10.2 Å². The highest BCUT2D eigenvalue weighted by atomic mass is 16.3. The Hall–Kier alpha value is -2.30. The number of carbonyl (C=O) groups excluding carboxylic acids is 2. The largest absolute Gasteiger partial charge is 0.508 e. The van der Waals surface area contributed by atoms with Crippen LogP contribution in [0.3, 0.4) is 0 Å². The van der Waals surface area contributed by atoms with Gasteiger partial charge in [-0.05, 0) is 24.3 Å². The molecule has 0 heterocycles. The van der Waals surface area contributed by atoms with Gasteiger partial charge < -0.3 is 15.3 Å². The fraction of sp³-hybridized carbons (Fsp3) is 0.167. The van der Waals surface area contributed by atoms with E-state index >= 15 is 0 Å². The van der Waals surface area contributed by atoms with Crippen LogP contribution in [0.1, 0.15) is 0 Å². The molecule has 5 nitrogen and oxygen atoms in total. The molecule has 2 N–H and O–H groups in total. The topological polar surface area (TPSA) is 69.6 Å². The van der Waals surface area contributed by atoms with Crippen LogP contribution in [0.25, 0.3) is 0 Å². The van der Waals surface area contributed by atoms with Crippen LogP contribution in [0.4, 0.5) is 5.69 Å². The van der Waals surface area contributed by atoms with Gasteiger partial charge >= 0.3 is 11.8 Å². The summed E-state index contributed by atoms with van der Waals surface area (Å²) in [6, 6.07) is 5.99. The van der Waals surface area contributed by atoms with Crippen molar-refractivity contribution in [2.24, 2.45) is 0 Å². The van der Waals surface area contributed by atoms with Crippen molar-refractivity contribution >= 4 is 17.5 Å². The first-order chi connectivity index (χ1) is 8.06. The summed E-state index contributed by atoms with van der Waals surface area (Å²) in [6.45, 7) is 3.68. The third-order valence-corrected chi connectivity index (χ3v) is 2.14. The number of rotatable bonds is 3. The maximum absolute atomic E-state index is 11.7. The number of phenolic OH excluding ortho intramolecular Hbond substituents is 1. The zero-order valence-corrected chi connectivity index (χ0v) is 9.51. The Morgan fingerprint density at radius 1 is 1.41 bits per heavy atom. The van der Waals surface area contributed by atoms with Gasteiger partial charge in [0.25, 0.3) is 0 Å². The zero-order chi connectivity index (χ0) is 12.8. The van der Waals surface area contributed by atoms with Gasteiger partial charge in [0.1, 0.15) is 5.75 Å². The second-order valence-corrected chi connectivity index (χ2v) is 3.38. The molecule has 0 aliphatic carbocycles. The summed E-state index contributed by atoms with van der Waals surface area (Å²) in [7, 11) is 1.49. The van der Waals surface area contributed by atoms with Crippen LogP contribution in [-0.4, -0.2) is 30.5 Å². The first-order valence-corrected chi connectivity index (χ1v) is 5.02. The Morgan fingerprint density at radius 3 is 2.53 bits per heavy atom. The molecule has 0 aromatic heterocycles. The number of nitrogens with zero attached hydrogens (tertiary/aromatic N) is 1. The highest BCUT2D eigenvalue weighted by Crippen LogP contribution is 2.17. The summed E-state index contributed by atoms with van der Waals surface area (Å²) in [5.74, 6) is -1.26. The van der Waals surface area contributed by atoms with Crippen molar-refractivity contribution in [1.29, 1.82) is 0 Å². The standard InChI is InChI=1S/C12H14N2O3/c1-3-8-13-11(16)12(17)14(2)9-4-6-10(15)7-5-9/h3-7,15H,1,8H2,2H3,(H,13,16). The van der Waals surface area contributed by atoms with E-state index in [9.17, 15) is 9.59 Å². The summed E-state index contributed by atoms with van der Waals surface area (Å²) in [5.41, 5.74) is 0.529. The van der Waals surface area contributed by atoms with E-state index in [-0.39, 0.29) is 12.3 Å². The lowest BCUT2D eigenvalue weighted by Gasteiger charge is -2.16. The number of amides is 2. The molecule has 90 valence electrons. The lowest BCUT2D eigenvalue weighted by Crippen LogP contribution is -2.41. The molecule has 0 unspecified atom stereocenters. The molecule has 1 aromatic rings. The van der Waals surface area contributed by atoms with Gasteiger partial charge in [0, 0.05) is 19.3 Å². The molecule has 0 fully saturated rings. The average Bonchev–Trinajstić information content (AvgIpc) is 2.35. The fourth-order valence-corrected chi connectivity index (χ4v) is 1.19. The normalized spacial score (nSPS) is 9.47. The molecule has 0 radical (unpaired) electrons. The van der Waals surface area contributed by atoms with Crippen molar-refractivity contribution in [2.45, 2.75) is 0 Å². The molecule has 0 saturated heterocycles. The molecule has 0 saturated carbocycles. The zero-order valence-electron chi connectivity index (χ0n) is 9.51. The average molecular weight is 234 g/mol. The van der Waals surface area contributed by atoms with Crippen LogP contribution in [0.15, 0.2) is 36.9 Å². The lowest BCUT2D eigenvalue weighted by atomic mass is 10.3. The number of nitrogens with one attached hydrogen (secondary N) is 1. The maximum Gasteiger partial charge on any atom is 0.316 e. The smallest absolute Gasteiger partial charge is 0.316 e. The SMILES string of the molecule is C=CCNC(=O)C(=O)N(C)c1ccc(O)cc1. The number of aromatic hydroxyl groups is 1. The third-order valence-electron chi connectivity index (χ3n) is 2.14. The molecule has 17 heavy (non-hydrogen) atoms. The Kier molecular flexibility index (Phi) is 4.28. The molecule has 0 bridgehead atoms. The quantitative estimate of drug-likeness (QED) is 0.596. The van der Waals surface area contributed by atoms with Crippen molar-refractivity contribution < 1.29 is 14.7 Å². The predicted octanol–water partition coefficient (Wildman–Crippen LogP) is 0.657. The van der Waals surface area contributed by atoms with E-state index in [2.05, 4.69) is 11.9 Å². The van der Waals surface area contributed by atoms with Gasteiger partial charge in [0.05, 0.1) is 0 Å². The van der Waals surface area contributed by atoms with Gasteiger partial charge in [-0.1, -0.05) is 6.08 Å². The monoisotopic (exact) mass is 234 g/mol. The molecular formula is C12H14N2O3. The fourth-order valence-electron chi connectivity index (χ4n) is 1.19. The van der Waals surface area contributed by atoms with E-state index in [1.54, 1.807) is 12.1 Å². The molecular weight excluding hydrogens is 220 g/mol. The van der Waals surface area contributed by atoms with Crippen molar-refractivity contribution in [2.75, 3.05) is 18.5 Å². The number of benzene rings is 1. The molecule has 2 amide bonds. The molecule has 0 spiro atoms. The molecule has 5 heteroatoms. The molecule has 0 aliphatic heterocycles. The number of phenols is 1. The van der Waals surface area contributed by atoms with E-state index in [4.69, 9.17) is 5.11 Å². The summed E-state index contributed by atoms with van der Waals surface area (Å²) >= 11 is 0. The summed E-state index contributed by atoms with van der Waals surface area (Å²) < 4.78 is 0. The molecule has 1 aromatic carbocycles. The lowest BCUT2D eigenvalue weighted by molar-refractivity contribution is -0.137. The molecule has 1 rings (SSSR count). The van der Waals surface area contributed by atoms with Crippen LogP contribution in [0.2, 0.25) is 0 Å². The van der Waals surface area contributed by atoms with Crippen molar-refractivity contribution in [1.82, 2.24) is 5.32 Å². The third kappa shape index (κ3) is 3.34. The second-order valence-electron chi connectivity index (χ2n) is 3.38. The van der Waals surface area contributed by atoms with E-state index in [1.165, 1.54) is 30.2 Å². The maximum atomic E-state index is 11.7. The van der Waals surface area contributed by atoms with Crippen LogP contribution in [0, 0.1) is 0 Å². The Labute approximate surface area is 99.4 Å². The first-order valence-electron chi connectivity index (χ1n) is 5.02. The Bertz CT molecular complexity index is 426. The Morgan fingerprint density at radius 2 is 2.00 bits per heavy atom. The summed E-state index contributed by atoms with van der Waals surface area (Å²) in [4.78, 5) is 24.2. The van der Waals surface area contributed by atoms with Crippen LogP contribution >= 0.6 is 0 Å². The van der Waals surface area contributed by atoms with Crippen molar-refractivity contribution in [3.8, 4) is 5.75 Å². The number of carbonyl (C=O) groups is 2.